The van der Waals surface area contributed by atoms with Crippen LogP contribution in [0.5, 0.6) is 0 Å². The van der Waals surface area contributed by atoms with Crippen molar-refractivity contribution in [2.75, 3.05) is 27.2 Å². The largest absolute Gasteiger partial charge is 0.315 e. The average Bonchev–Trinajstić information content (AvgIpc) is 2.35. The molecule has 1 aliphatic heterocycles. The molecule has 0 aromatic heterocycles. The molecule has 3 nitrogen and oxygen atoms in total. The first-order chi connectivity index (χ1) is 9.13. The monoisotopic (exact) mass is 267 g/mol. The van der Waals surface area contributed by atoms with Gasteiger partial charge in [0.1, 0.15) is 0 Å². The van der Waals surface area contributed by atoms with Crippen LogP contribution in [0, 0.1) is 0 Å². The normalized spacial score (nSPS) is 39.8. The third kappa shape index (κ3) is 3.71. The first-order valence-electron chi connectivity index (χ1n) is 8.26. The van der Waals surface area contributed by atoms with E-state index in [1.807, 2.05) is 0 Å². The van der Waals surface area contributed by atoms with Crippen molar-refractivity contribution >= 4 is 0 Å². The number of nitrogens with zero attached hydrogens (tertiary/aromatic N) is 2. The number of rotatable bonds is 2. The van der Waals surface area contributed by atoms with Gasteiger partial charge < -0.3 is 5.32 Å². The maximum absolute atomic E-state index is 3.60. The van der Waals surface area contributed by atoms with Crippen LogP contribution in [-0.4, -0.2) is 61.2 Å². The highest BCUT2D eigenvalue weighted by Gasteiger charge is 2.34. The molecule has 3 heteroatoms. The van der Waals surface area contributed by atoms with Gasteiger partial charge in [-0.3, -0.25) is 9.80 Å². The summed E-state index contributed by atoms with van der Waals surface area (Å²) in [7, 11) is 4.43. The minimum atomic E-state index is 0.687. The van der Waals surface area contributed by atoms with E-state index >= 15 is 0 Å². The molecule has 0 aromatic carbocycles. The van der Waals surface area contributed by atoms with Gasteiger partial charge in [0.25, 0.3) is 0 Å². The maximum atomic E-state index is 3.60. The first kappa shape index (κ1) is 15.3. The van der Waals surface area contributed by atoms with Crippen LogP contribution in [0.4, 0.5) is 0 Å². The standard InChI is InChI=1S/C16H33N3/c1-13-11-19(12-14(2)18(13)4)16-10-8-6-5-7-9-15(16)17-3/h13-17H,5-12H2,1-4H3. The zero-order valence-electron chi connectivity index (χ0n) is 13.4. The predicted octanol–water partition coefficient (Wildman–Crippen LogP) is 2.32. The van der Waals surface area contributed by atoms with Gasteiger partial charge in [0.05, 0.1) is 0 Å². The Hall–Kier alpha value is -0.120. The lowest BCUT2D eigenvalue weighted by Gasteiger charge is -2.48. The Kier molecular flexibility index (Phi) is 5.67. The molecule has 1 aliphatic carbocycles. The van der Waals surface area contributed by atoms with Gasteiger partial charge in [-0.2, -0.15) is 0 Å². The molecule has 0 radical (unpaired) electrons. The molecule has 4 unspecified atom stereocenters. The van der Waals surface area contributed by atoms with Crippen LogP contribution in [0.3, 0.4) is 0 Å². The molecule has 0 bridgehead atoms. The van der Waals surface area contributed by atoms with Crippen molar-refractivity contribution < 1.29 is 0 Å². The second-order valence-electron chi connectivity index (χ2n) is 6.77. The van der Waals surface area contributed by atoms with E-state index < -0.39 is 0 Å². The Bertz CT molecular complexity index is 257. The fraction of sp³-hybridized carbons (Fsp3) is 1.00. The maximum Gasteiger partial charge on any atom is 0.0250 e. The molecule has 2 fully saturated rings. The van der Waals surface area contributed by atoms with Crippen molar-refractivity contribution in [3.63, 3.8) is 0 Å². The van der Waals surface area contributed by atoms with Gasteiger partial charge in [-0.05, 0) is 40.8 Å². The van der Waals surface area contributed by atoms with E-state index in [0.29, 0.717) is 18.1 Å². The summed E-state index contributed by atoms with van der Waals surface area (Å²) in [6.07, 6.45) is 8.43. The van der Waals surface area contributed by atoms with Crippen molar-refractivity contribution in [3.8, 4) is 0 Å². The highest BCUT2D eigenvalue weighted by molar-refractivity contribution is 4.91. The van der Waals surface area contributed by atoms with Crippen LogP contribution in [0.25, 0.3) is 0 Å². The summed E-state index contributed by atoms with van der Waals surface area (Å²) in [5, 5.41) is 3.60. The zero-order valence-corrected chi connectivity index (χ0v) is 13.4. The van der Waals surface area contributed by atoms with Crippen molar-refractivity contribution in [1.82, 2.24) is 15.1 Å². The molecule has 19 heavy (non-hydrogen) atoms. The second-order valence-corrected chi connectivity index (χ2v) is 6.77. The Morgan fingerprint density at radius 1 is 0.895 bits per heavy atom. The van der Waals surface area contributed by atoms with E-state index in [4.69, 9.17) is 0 Å². The van der Waals surface area contributed by atoms with Crippen LogP contribution < -0.4 is 5.32 Å². The fourth-order valence-electron chi connectivity index (χ4n) is 3.95. The molecule has 0 spiro atoms. The summed E-state index contributed by atoms with van der Waals surface area (Å²) in [5.74, 6) is 0. The summed E-state index contributed by atoms with van der Waals surface area (Å²) in [6.45, 7) is 7.23. The molecule has 2 aliphatic rings. The number of hydrogen-bond donors (Lipinski definition) is 1. The Morgan fingerprint density at radius 2 is 1.47 bits per heavy atom. The Balaban J connectivity index is 2.03. The summed E-state index contributed by atoms with van der Waals surface area (Å²) >= 11 is 0. The summed E-state index contributed by atoms with van der Waals surface area (Å²) in [6, 6.07) is 2.82. The van der Waals surface area contributed by atoms with E-state index in [2.05, 4.69) is 43.1 Å². The van der Waals surface area contributed by atoms with Crippen molar-refractivity contribution in [2.45, 2.75) is 76.5 Å². The molecule has 1 heterocycles. The molecule has 1 saturated carbocycles. The Morgan fingerprint density at radius 3 is 2.05 bits per heavy atom. The molecule has 0 amide bonds. The predicted molar refractivity (Wildman–Crippen MR) is 82.6 cm³/mol. The van der Waals surface area contributed by atoms with E-state index in [1.165, 1.54) is 51.6 Å². The average molecular weight is 267 g/mol. The van der Waals surface area contributed by atoms with Gasteiger partial charge in [0, 0.05) is 37.3 Å². The van der Waals surface area contributed by atoms with Crippen LogP contribution in [0.15, 0.2) is 0 Å². The SMILES string of the molecule is CNC1CCCCCCC1N1CC(C)N(C)C(C)C1. The van der Waals surface area contributed by atoms with Gasteiger partial charge in [0.2, 0.25) is 0 Å². The number of nitrogens with one attached hydrogen (secondary N) is 1. The van der Waals surface area contributed by atoms with Crippen LogP contribution in [0.2, 0.25) is 0 Å². The zero-order chi connectivity index (χ0) is 13.8. The van der Waals surface area contributed by atoms with Gasteiger partial charge in [0.15, 0.2) is 0 Å². The number of piperazine rings is 1. The Labute approximate surface area is 119 Å². The van der Waals surface area contributed by atoms with Gasteiger partial charge in [-0.25, -0.2) is 0 Å². The molecule has 112 valence electrons. The number of likely N-dealkylation sites (N-methyl/N-ethyl adjacent to an activating group) is 2. The van der Waals surface area contributed by atoms with E-state index in [-0.39, 0.29) is 0 Å². The van der Waals surface area contributed by atoms with Gasteiger partial charge in [-0.15, -0.1) is 0 Å². The molecule has 1 saturated heterocycles. The second kappa shape index (κ2) is 7.05. The van der Waals surface area contributed by atoms with Crippen LogP contribution >= 0.6 is 0 Å². The van der Waals surface area contributed by atoms with E-state index in [9.17, 15) is 0 Å². The lowest BCUT2D eigenvalue weighted by molar-refractivity contribution is 0.0173. The van der Waals surface area contributed by atoms with Crippen molar-refractivity contribution in [3.05, 3.63) is 0 Å². The van der Waals surface area contributed by atoms with Gasteiger partial charge >= 0.3 is 0 Å². The molecule has 0 aromatic rings. The minimum Gasteiger partial charge on any atom is -0.315 e. The highest BCUT2D eigenvalue weighted by Crippen LogP contribution is 2.25. The van der Waals surface area contributed by atoms with Gasteiger partial charge in [-0.1, -0.05) is 25.7 Å². The topological polar surface area (TPSA) is 18.5 Å². The van der Waals surface area contributed by atoms with Crippen molar-refractivity contribution in [1.29, 1.82) is 0 Å². The van der Waals surface area contributed by atoms with E-state index in [1.54, 1.807) is 0 Å². The number of hydrogen-bond acceptors (Lipinski definition) is 3. The summed E-state index contributed by atoms with van der Waals surface area (Å²) in [5.41, 5.74) is 0. The molecular formula is C16H33N3. The first-order valence-corrected chi connectivity index (χ1v) is 8.26. The third-order valence-electron chi connectivity index (χ3n) is 5.46. The van der Waals surface area contributed by atoms with Crippen LogP contribution in [0.1, 0.15) is 52.4 Å². The minimum absolute atomic E-state index is 0.687. The summed E-state index contributed by atoms with van der Waals surface area (Å²) in [4.78, 5) is 5.32. The third-order valence-corrected chi connectivity index (χ3v) is 5.46. The smallest absolute Gasteiger partial charge is 0.0250 e. The molecule has 4 atom stereocenters. The fourth-order valence-corrected chi connectivity index (χ4v) is 3.95. The van der Waals surface area contributed by atoms with E-state index in [0.717, 1.165) is 6.04 Å². The van der Waals surface area contributed by atoms with Crippen LogP contribution in [-0.2, 0) is 0 Å². The summed E-state index contributed by atoms with van der Waals surface area (Å²) < 4.78 is 0. The molecule has 2 rings (SSSR count). The highest BCUT2D eigenvalue weighted by atomic mass is 15.3. The molecular weight excluding hydrogens is 234 g/mol. The van der Waals surface area contributed by atoms with Crippen molar-refractivity contribution in [2.24, 2.45) is 0 Å². The molecule has 1 N–H and O–H groups in total. The quantitative estimate of drug-likeness (QED) is 0.828. The lowest BCUT2D eigenvalue weighted by atomic mass is 9.90. The lowest BCUT2D eigenvalue weighted by Crippen LogP contribution is -2.61.